The fraction of sp³-hybridized carbons (Fsp3) is 1.00. The van der Waals surface area contributed by atoms with E-state index in [4.69, 9.17) is 11.6 Å². The van der Waals surface area contributed by atoms with E-state index in [0.717, 1.165) is 25.0 Å². The fourth-order valence-corrected chi connectivity index (χ4v) is 5.15. The second-order valence-corrected chi connectivity index (χ2v) is 7.90. The molecule has 0 amide bonds. The summed E-state index contributed by atoms with van der Waals surface area (Å²) in [5, 5.41) is 0. The summed E-state index contributed by atoms with van der Waals surface area (Å²) in [6, 6.07) is -0.0442. The predicted octanol–water partition coefficient (Wildman–Crippen LogP) is 2.01. The molecule has 1 rings (SSSR count). The monoisotopic (exact) mass is 314 g/mol. The third-order valence-electron chi connectivity index (χ3n) is 3.44. The summed E-state index contributed by atoms with van der Waals surface area (Å²) in [6.07, 6.45) is 4.84. The van der Waals surface area contributed by atoms with E-state index >= 15 is 0 Å². The number of thioether (sulfide) groups is 1. The van der Waals surface area contributed by atoms with Crippen molar-refractivity contribution in [1.82, 2.24) is 8.61 Å². The SMILES string of the molecule is CSCC(C)N(C)S(=O)(=O)N1CCCCC1CCl. The second kappa shape index (κ2) is 7.33. The van der Waals surface area contributed by atoms with Crippen LogP contribution >= 0.6 is 23.4 Å². The van der Waals surface area contributed by atoms with Gasteiger partial charge in [-0.25, -0.2) is 0 Å². The van der Waals surface area contributed by atoms with Gasteiger partial charge in [0.1, 0.15) is 0 Å². The Kier molecular flexibility index (Phi) is 6.75. The molecule has 7 heteroatoms. The molecular weight excluding hydrogens is 292 g/mol. The van der Waals surface area contributed by atoms with E-state index in [1.807, 2.05) is 13.2 Å². The van der Waals surface area contributed by atoms with Crippen molar-refractivity contribution in [1.29, 1.82) is 0 Å². The third kappa shape index (κ3) is 3.76. The van der Waals surface area contributed by atoms with E-state index in [0.29, 0.717) is 12.4 Å². The van der Waals surface area contributed by atoms with E-state index in [9.17, 15) is 8.42 Å². The van der Waals surface area contributed by atoms with Crippen molar-refractivity contribution in [2.75, 3.05) is 31.5 Å². The maximum absolute atomic E-state index is 12.6. The van der Waals surface area contributed by atoms with Crippen LogP contribution in [0, 0.1) is 0 Å². The van der Waals surface area contributed by atoms with Gasteiger partial charge in [0.15, 0.2) is 0 Å². The molecule has 0 aliphatic carbocycles. The van der Waals surface area contributed by atoms with Gasteiger partial charge in [0.05, 0.1) is 0 Å². The van der Waals surface area contributed by atoms with E-state index in [2.05, 4.69) is 0 Å². The van der Waals surface area contributed by atoms with Gasteiger partial charge < -0.3 is 0 Å². The second-order valence-electron chi connectivity index (χ2n) is 4.74. The molecule has 0 bridgehead atoms. The molecule has 2 atom stereocenters. The van der Waals surface area contributed by atoms with Crippen molar-refractivity contribution < 1.29 is 8.42 Å². The van der Waals surface area contributed by atoms with Crippen LogP contribution in [-0.4, -0.2) is 60.6 Å². The first kappa shape index (κ1) is 16.6. The van der Waals surface area contributed by atoms with Gasteiger partial charge in [0.25, 0.3) is 10.2 Å². The quantitative estimate of drug-likeness (QED) is 0.704. The summed E-state index contributed by atoms with van der Waals surface area (Å²) in [5.74, 6) is 1.18. The third-order valence-corrected chi connectivity index (χ3v) is 6.77. The van der Waals surface area contributed by atoms with Gasteiger partial charge in [-0.1, -0.05) is 6.42 Å². The van der Waals surface area contributed by atoms with Crippen LogP contribution in [0.1, 0.15) is 26.2 Å². The Morgan fingerprint density at radius 1 is 1.50 bits per heavy atom. The van der Waals surface area contributed by atoms with E-state index in [1.165, 1.54) is 4.31 Å². The van der Waals surface area contributed by atoms with Crippen molar-refractivity contribution in [2.24, 2.45) is 0 Å². The highest BCUT2D eigenvalue weighted by Gasteiger charge is 2.36. The Balaban J connectivity index is 2.83. The van der Waals surface area contributed by atoms with Crippen molar-refractivity contribution >= 4 is 33.6 Å². The molecule has 0 radical (unpaired) electrons. The van der Waals surface area contributed by atoms with Gasteiger partial charge in [0.2, 0.25) is 0 Å². The zero-order chi connectivity index (χ0) is 13.8. The molecule has 108 valence electrons. The first-order valence-corrected chi connectivity index (χ1v) is 9.57. The number of piperidine rings is 1. The lowest BCUT2D eigenvalue weighted by Crippen LogP contribution is -2.52. The van der Waals surface area contributed by atoms with Crippen molar-refractivity contribution in [2.45, 2.75) is 38.3 Å². The molecule has 0 aromatic carbocycles. The zero-order valence-electron chi connectivity index (χ0n) is 11.3. The fourth-order valence-electron chi connectivity index (χ4n) is 2.17. The first-order valence-electron chi connectivity index (χ1n) is 6.24. The van der Waals surface area contributed by atoms with Crippen LogP contribution in [0.3, 0.4) is 0 Å². The molecule has 0 aromatic rings. The van der Waals surface area contributed by atoms with Crippen LogP contribution < -0.4 is 0 Å². The number of nitrogens with zero attached hydrogens (tertiary/aromatic N) is 2. The largest absolute Gasteiger partial charge is 0.282 e. The number of alkyl halides is 1. The molecule has 2 unspecified atom stereocenters. The van der Waals surface area contributed by atoms with Gasteiger partial charge >= 0.3 is 0 Å². The van der Waals surface area contributed by atoms with Gasteiger partial charge in [-0.05, 0) is 26.0 Å². The lowest BCUT2D eigenvalue weighted by atomic mass is 10.1. The van der Waals surface area contributed by atoms with Crippen molar-refractivity contribution in [3.8, 4) is 0 Å². The molecule has 4 nitrogen and oxygen atoms in total. The predicted molar refractivity (Wildman–Crippen MR) is 79.6 cm³/mol. The Labute approximate surface area is 120 Å². The molecule has 0 N–H and O–H groups in total. The summed E-state index contributed by atoms with van der Waals surface area (Å²) in [6.45, 7) is 2.53. The Hall–Kier alpha value is 0.510. The van der Waals surface area contributed by atoms with Crippen LogP contribution in [0.15, 0.2) is 0 Å². The number of rotatable bonds is 6. The number of hydrogen-bond donors (Lipinski definition) is 0. The van der Waals surface area contributed by atoms with Crippen LogP contribution in [0.5, 0.6) is 0 Å². The highest BCUT2D eigenvalue weighted by atomic mass is 35.5. The summed E-state index contributed by atoms with van der Waals surface area (Å²) in [7, 11) is -1.71. The van der Waals surface area contributed by atoms with Gasteiger partial charge in [-0.2, -0.15) is 28.8 Å². The normalized spacial score (nSPS) is 24.4. The molecule has 1 saturated heterocycles. The van der Waals surface area contributed by atoms with E-state index in [1.54, 1.807) is 23.1 Å². The van der Waals surface area contributed by atoms with Crippen LogP contribution in [0.25, 0.3) is 0 Å². The Bertz CT molecular complexity index is 351. The summed E-state index contributed by atoms with van der Waals surface area (Å²) in [4.78, 5) is 0. The lowest BCUT2D eigenvalue weighted by Gasteiger charge is -2.37. The van der Waals surface area contributed by atoms with E-state index < -0.39 is 10.2 Å². The molecule has 1 heterocycles. The van der Waals surface area contributed by atoms with Crippen LogP contribution in [0.2, 0.25) is 0 Å². The maximum atomic E-state index is 12.6. The molecule has 1 fully saturated rings. The summed E-state index contributed by atoms with van der Waals surface area (Å²) in [5.41, 5.74) is 0. The standard InChI is InChI=1S/C11H23ClN2O2S2/c1-10(9-17-3)13(2)18(15,16)14-7-5-4-6-11(14)8-12/h10-11H,4-9H2,1-3H3. The molecule has 0 spiro atoms. The van der Waals surface area contributed by atoms with Crippen molar-refractivity contribution in [3.05, 3.63) is 0 Å². The summed E-state index contributed by atoms with van der Waals surface area (Å²) >= 11 is 7.55. The van der Waals surface area contributed by atoms with Crippen LogP contribution in [-0.2, 0) is 10.2 Å². The molecule has 1 aliphatic heterocycles. The van der Waals surface area contributed by atoms with E-state index in [-0.39, 0.29) is 12.1 Å². The smallest absolute Gasteiger partial charge is 0.195 e. The minimum absolute atomic E-state index is 0.00269. The highest BCUT2D eigenvalue weighted by molar-refractivity contribution is 7.98. The topological polar surface area (TPSA) is 40.6 Å². The summed E-state index contributed by atoms with van der Waals surface area (Å²) < 4.78 is 28.2. The molecule has 18 heavy (non-hydrogen) atoms. The van der Waals surface area contributed by atoms with Gasteiger partial charge in [0, 0.05) is 37.3 Å². The minimum Gasteiger partial charge on any atom is -0.195 e. The average molecular weight is 315 g/mol. The van der Waals surface area contributed by atoms with Crippen molar-refractivity contribution in [3.63, 3.8) is 0 Å². The Morgan fingerprint density at radius 3 is 2.72 bits per heavy atom. The maximum Gasteiger partial charge on any atom is 0.282 e. The Morgan fingerprint density at radius 2 is 2.17 bits per heavy atom. The number of halogens is 1. The average Bonchev–Trinajstić information content (AvgIpc) is 2.38. The molecule has 0 saturated carbocycles. The van der Waals surface area contributed by atoms with Gasteiger partial charge in [-0.3, -0.25) is 0 Å². The lowest BCUT2D eigenvalue weighted by molar-refractivity contribution is 0.246. The first-order chi connectivity index (χ1) is 8.45. The minimum atomic E-state index is -3.38. The molecule has 0 aromatic heterocycles. The molecular formula is C11H23ClN2O2S2. The molecule has 1 aliphatic rings. The highest BCUT2D eigenvalue weighted by Crippen LogP contribution is 2.24. The number of hydrogen-bond acceptors (Lipinski definition) is 3. The van der Waals surface area contributed by atoms with Gasteiger partial charge in [-0.15, -0.1) is 11.6 Å². The van der Waals surface area contributed by atoms with Crippen LogP contribution in [0.4, 0.5) is 0 Å². The zero-order valence-corrected chi connectivity index (χ0v) is 13.7.